The molecule has 0 unspecified atom stereocenters. The summed E-state index contributed by atoms with van der Waals surface area (Å²) in [4.78, 5) is 27.0. The predicted molar refractivity (Wildman–Crippen MR) is 118 cm³/mol. The molecule has 0 aliphatic carbocycles. The normalized spacial score (nSPS) is 12.7. The summed E-state index contributed by atoms with van der Waals surface area (Å²) in [6.07, 6.45) is 12.7. The maximum absolute atomic E-state index is 10.7. The number of aldehydes is 1. The number of hydrogen-bond donors (Lipinski definition) is 2. The van der Waals surface area contributed by atoms with Crippen LogP contribution in [-0.4, -0.2) is 26.2 Å². The van der Waals surface area contributed by atoms with Crippen molar-refractivity contribution in [2.75, 3.05) is 0 Å². The number of H-pyrrole nitrogens is 2. The molecule has 2 aliphatic rings. The van der Waals surface area contributed by atoms with Crippen LogP contribution in [0.5, 0.6) is 0 Å². The number of nitrogens with one attached hydrogen (secondary N) is 2. The van der Waals surface area contributed by atoms with Crippen LogP contribution in [0.1, 0.15) is 28.3 Å². The number of aromatic nitrogens is 4. The van der Waals surface area contributed by atoms with Crippen LogP contribution in [0.15, 0.2) is 54.6 Å². The lowest BCUT2D eigenvalue weighted by molar-refractivity contribution is -0.104. The zero-order valence-electron chi connectivity index (χ0n) is 15.6. The molecule has 0 saturated carbocycles. The van der Waals surface area contributed by atoms with E-state index < -0.39 is 0 Å². The third-order valence-corrected chi connectivity index (χ3v) is 4.87. The number of aromatic amines is 2. The molecule has 2 aliphatic heterocycles. The quantitative estimate of drug-likeness (QED) is 0.344. The predicted octanol–water partition coefficient (Wildman–Crippen LogP) is 4.95. The van der Waals surface area contributed by atoms with Crippen molar-refractivity contribution >= 4 is 52.7 Å². The van der Waals surface area contributed by atoms with E-state index in [4.69, 9.17) is 4.98 Å². The van der Waals surface area contributed by atoms with Crippen molar-refractivity contribution in [3.8, 4) is 0 Å². The molecule has 2 N–H and O–H groups in total. The lowest BCUT2D eigenvalue weighted by Crippen LogP contribution is -1.89. The molecule has 5 heterocycles. The van der Waals surface area contributed by atoms with Gasteiger partial charge in [0.15, 0.2) is 0 Å². The van der Waals surface area contributed by atoms with Gasteiger partial charge in [-0.2, -0.15) is 0 Å². The highest BCUT2D eigenvalue weighted by Crippen LogP contribution is 2.21. The van der Waals surface area contributed by atoms with Gasteiger partial charge in [0.2, 0.25) is 0 Å². The average molecular weight is 378 g/mol. The number of carbonyl (C=O) groups is 1. The molecule has 0 fully saturated rings. The molecule has 140 valence electrons. The van der Waals surface area contributed by atoms with Crippen molar-refractivity contribution in [1.82, 2.24) is 19.9 Å². The fourth-order valence-electron chi connectivity index (χ4n) is 3.52. The summed E-state index contributed by atoms with van der Waals surface area (Å²) in [7, 11) is 0. The van der Waals surface area contributed by atoms with Crippen molar-refractivity contribution in [2.45, 2.75) is 6.42 Å². The molecule has 5 rings (SSSR count). The third-order valence-electron chi connectivity index (χ3n) is 4.87. The first-order valence-corrected chi connectivity index (χ1v) is 9.43. The Morgan fingerprint density at radius 2 is 1.45 bits per heavy atom. The SMILES string of the molecule is O=C/C=C/Cc1c2nc(cc3nc(cc4ccc(cc5ccc1[nH]5)[nH]4)C=C3)C=C2. The number of carbonyl (C=O) groups excluding carboxylic acids is 1. The fraction of sp³-hybridized carbons (Fsp3) is 0.0417. The molecule has 0 amide bonds. The minimum atomic E-state index is 0.607. The average Bonchev–Trinajstić information content (AvgIpc) is 3.49. The highest BCUT2D eigenvalue weighted by molar-refractivity contribution is 5.79. The standard InChI is InChI=1S/C24H18N4O/c29-12-2-1-3-22-23-10-8-20(27-23)14-18-6-4-16(25-18)13-17-5-7-19(26-17)15-21-9-11-24(22)28-21/h1-2,4-15,25,27H,3H2/b2-1+,16-13?,17-13?,18-14?,19-15?,20-14?,21-15?,23-22?,24-22?. The van der Waals surface area contributed by atoms with Gasteiger partial charge in [0.05, 0.1) is 22.8 Å². The van der Waals surface area contributed by atoms with Crippen LogP contribution >= 0.6 is 0 Å². The topological polar surface area (TPSA) is 74.4 Å². The van der Waals surface area contributed by atoms with Gasteiger partial charge in [0.1, 0.15) is 6.29 Å². The van der Waals surface area contributed by atoms with Gasteiger partial charge >= 0.3 is 0 Å². The molecule has 0 aromatic carbocycles. The van der Waals surface area contributed by atoms with Gasteiger partial charge in [-0.3, -0.25) is 4.79 Å². The molecule has 0 atom stereocenters. The van der Waals surface area contributed by atoms with E-state index in [1.807, 2.05) is 66.8 Å². The van der Waals surface area contributed by atoms with Gasteiger partial charge in [0.25, 0.3) is 0 Å². The molecule has 0 saturated heterocycles. The van der Waals surface area contributed by atoms with Crippen LogP contribution < -0.4 is 0 Å². The second kappa shape index (κ2) is 7.20. The summed E-state index contributed by atoms with van der Waals surface area (Å²) in [6.45, 7) is 0. The van der Waals surface area contributed by atoms with Crippen molar-refractivity contribution in [1.29, 1.82) is 0 Å². The summed E-state index contributed by atoms with van der Waals surface area (Å²) in [6, 6.07) is 14.2. The zero-order valence-corrected chi connectivity index (χ0v) is 15.6. The van der Waals surface area contributed by atoms with Crippen LogP contribution in [0, 0.1) is 0 Å². The van der Waals surface area contributed by atoms with E-state index in [0.29, 0.717) is 6.42 Å². The molecule has 0 spiro atoms. The summed E-state index contributed by atoms with van der Waals surface area (Å²) >= 11 is 0. The fourth-order valence-corrected chi connectivity index (χ4v) is 3.52. The lowest BCUT2D eigenvalue weighted by Gasteiger charge is -1.98. The van der Waals surface area contributed by atoms with E-state index in [2.05, 4.69) is 21.0 Å². The number of hydrogen-bond acceptors (Lipinski definition) is 3. The molecular weight excluding hydrogens is 360 g/mol. The Morgan fingerprint density at radius 1 is 0.759 bits per heavy atom. The maximum Gasteiger partial charge on any atom is 0.142 e. The van der Waals surface area contributed by atoms with Crippen molar-refractivity contribution < 1.29 is 4.79 Å². The van der Waals surface area contributed by atoms with E-state index in [-0.39, 0.29) is 0 Å². The summed E-state index contributed by atoms with van der Waals surface area (Å²) in [5.74, 6) is 0. The Balaban J connectivity index is 1.82. The molecule has 5 heteroatoms. The van der Waals surface area contributed by atoms with E-state index >= 15 is 0 Å². The number of rotatable bonds is 3. The first kappa shape index (κ1) is 17.1. The number of fused-ring (bicyclic) bond motifs is 8. The molecular formula is C24H18N4O. The second-order valence-electron chi connectivity index (χ2n) is 6.93. The van der Waals surface area contributed by atoms with Gasteiger partial charge in [-0.05, 0) is 79.3 Å². The molecule has 5 nitrogen and oxygen atoms in total. The van der Waals surface area contributed by atoms with Crippen molar-refractivity contribution in [3.63, 3.8) is 0 Å². The van der Waals surface area contributed by atoms with Crippen LogP contribution in [-0.2, 0) is 11.2 Å². The van der Waals surface area contributed by atoms with Gasteiger partial charge in [-0.25, -0.2) is 9.97 Å². The van der Waals surface area contributed by atoms with Crippen molar-refractivity contribution in [2.24, 2.45) is 0 Å². The number of nitrogens with zero attached hydrogens (tertiary/aromatic N) is 2. The minimum Gasteiger partial charge on any atom is -0.355 e. The Labute approximate surface area is 167 Å². The smallest absolute Gasteiger partial charge is 0.142 e. The molecule has 29 heavy (non-hydrogen) atoms. The Morgan fingerprint density at radius 3 is 2.31 bits per heavy atom. The maximum atomic E-state index is 10.7. The number of allylic oxidation sites excluding steroid dienone is 2. The van der Waals surface area contributed by atoms with E-state index in [0.717, 1.165) is 56.7 Å². The van der Waals surface area contributed by atoms with Gasteiger partial charge < -0.3 is 9.97 Å². The lowest BCUT2D eigenvalue weighted by atomic mass is 10.1. The summed E-state index contributed by atoms with van der Waals surface area (Å²) in [5.41, 5.74) is 8.52. The Hall–Kier alpha value is -3.99. The van der Waals surface area contributed by atoms with E-state index in [9.17, 15) is 4.79 Å². The summed E-state index contributed by atoms with van der Waals surface area (Å²) in [5, 5.41) is 0. The van der Waals surface area contributed by atoms with Gasteiger partial charge in [0, 0.05) is 27.6 Å². The van der Waals surface area contributed by atoms with Crippen molar-refractivity contribution in [3.05, 3.63) is 83.0 Å². The molecule has 3 aromatic heterocycles. The minimum absolute atomic E-state index is 0.607. The monoisotopic (exact) mass is 378 g/mol. The van der Waals surface area contributed by atoms with Crippen LogP contribution in [0.25, 0.3) is 46.4 Å². The molecule has 3 aromatic rings. The second-order valence-corrected chi connectivity index (χ2v) is 6.93. The zero-order chi connectivity index (χ0) is 19.6. The Kier molecular flexibility index (Phi) is 4.26. The largest absolute Gasteiger partial charge is 0.355 e. The van der Waals surface area contributed by atoms with Crippen LogP contribution in [0.3, 0.4) is 0 Å². The van der Waals surface area contributed by atoms with Crippen LogP contribution in [0.4, 0.5) is 0 Å². The van der Waals surface area contributed by atoms with E-state index in [1.54, 1.807) is 0 Å². The highest BCUT2D eigenvalue weighted by atomic mass is 16.1. The first-order valence-electron chi connectivity index (χ1n) is 9.43. The van der Waals surface area contributed by atoms with Gasteiger partial charge in [-0.1, -0.05) is 6.08 Å². The Bertz CT molecular complexity index is 1350. The summed E-state index contributed by atoms with van der Waals surface area (Å²) < 4.78 is 0. The third kappa shape index (κ3) is 3.58. The van der Waals surface area contributed by atoms with E-state index in [1.165, 1.54) is 6.08 Å². The van der Waals surface area contributed by atoms with Gasteiger partial charge in [-0.15, -0.1) is 0 Å². The molecule has 0 radical (unpaired) electrons. The highest BCUT2D eigenvalue weighted by Gasteiger charge is 2.08. The molecule has 8 bridgehead atoms. The van der Waals surface area contributed by atoms with Crippen LogP contribution in [0.2, 0.25) is 0 Å². The first-order chi connectivity index (χ1) is 14.3.